The zero-order chi connectivity index (χ0) is 15.4. The molecule has 0 saturated carbocycles. The molecule has 1 aromatic carbocycles. The summed E-state index contributed by atoms with van der Waals surface area (Å²) in [6.45, 7) is 2.28. The van der Waals surface area contributed by atoms with Crippen LogP contribution in [0.2, 0.25) is 5.02 Å². The van der Waals surface area contributed by atoms with Gasteiger partial charge in [0.05, 0.1) is 17.2 Å². The molecule has 1 atom stereocenters. The number of hydrogen-bond acceptors (Lipinski definition) is 4. The highest BCUT2D eigenvalue weighted by atomic mass is 35.5. The van der Waals surface area contributed by atoms with E-state index in [-0.39, 0.29) is 11.9 Å². The van der Waals surface area contributed by atoms with Crippen LogP contribution in [0.4, 0.5) is 0 Å². The van der Waals surface area contributed by atoms with Gasteiger partial charge in [-0.2, -0.15) is 0 Å². The largest absolute Gasteiger partial charge is 0.333 e. The van der Waals surface area contributed by atoms with E-state index in [1.54, 1.807) is 16.8 Å². The number of hydrogen-bond donors (Lipinski definition) is 1. The molecule has 0 bridgehead atoms. The monoisotopic (exact) mass is 335 g/mol. The summed E-state index contributed by atoms with van der Waals surface area (Å²) in [6.07, 6.45) is 1.19. The Morgan fingerprint density at radius 1 is 1.45 bits per heavy atom. The summed E-state index contributed by atoms with van der Waals surface area (Å²) < 4.78 is 0. The maximum absolute atomic E-state index is 12.6. The van der Waals surface area contributed by atoms with Crippen LogP contribution in [0.25, 0.3) is 0 Å². The van der Waals surface area contributed by atoms with Crippen molar-refractivity contribution < 1.29 is 4.79 Å². The molecular weight excluding hydrogens is 318 g/mol. The lowest BCUT2D eigenvalue weighted by atomic mass is 10.0. The molecule has 1 unspecified atom stereocenters. The Bertz CT molecular complexity index is 632. The molecule has 0 radical (unpaired) electrons. The second kappa shape index (κ2) is 7.22. The fourth-order valence-corrected chi connectivity index (χ4v) is 3.62. The second-order valence-electron chi connectivity index (χ2n) is 5.31. The normalized spacial score (nSPS) is 18.4. The van der Waals surface area contributed by atoms with Crippen LogP contribution >= 0.6 is 22.9 Å². The van der Waals surface area contributed by atoms with Crippen LogP contribution in [0.1, 0.15) is 23.7 Å². The molecule has 2 heterocycles. The lowest BCUT2D eigenvalue weighted by molar-refractivity contribution is -0.134. The zero-order valence-corrected chi connectivity index (χ0v) is 13.7. The number of amides is 1. The Kier molecular flexibility index (Phi) is 5.08. The number of rotatable bonds is 4. The van der Waals surface area contributed by atoms with Crippen LogP contribution in [0.5, 0.6) is 0 Å². The maximum Gasteiger partial charge on any atom is 0.223 e. The van der Waals surface area contributed by atoms with Crippen LogP contribution < -0.4 is 5.32 Å². The Morgan fingerprint density at radius 2 is 2.32 bits per heavy atom. The average molecular weight is 336 g/mol. The van der Waals surface area contributed by atoms with Crippen molar-refractivity contribution in [2.75, 3.05) is 19.6 Å². The minimum Gasteiger partial charge on any atom is -0.333 e. The van der Waals surface area contributed by atoms with Crippen molar-refractivity contribution in [1.82, 2.24) is 15.2 Å². The summed E-state index contributed by atoms with van der Waals surface area (Å²) in [5.74, 6) is 0.166. The number of halogens is 1. The third-order valence-electron chi connectivity index (χ3n) is 3.91. The van der Waals surface area contributed by atoms with E-state index >= 15 is 0 Å². The minimum atomic E-state index is 0.00499. The summed E-state index contributed by atoms with van der Waals surface area (Å²) in [4.78, 5) is 18.8. The van der Waals surface area contributed by atoms with Gasteiger partial charge in [0.1, 0.15) is 0 Å². The summed E-state index contributed by atoms with van der Waals surface area (Å²) in [7, 11) is 0. The molecule has 4 nitrogen and oxygen atoms in total. The van der Waals surface area contributed by atoms with Crippen molar-refractivity contribution in [2.45, 2.75) is 18.9 Å². The Balaban J connectivity index is 1.72. The van der Waals surface area contributed by atoms with Gasteiger partial charge in [-0.3, -0.25) is 4.79 Å². The number of carbonyl (C=O) groups is 1. The molecule has 1 N–H and O–H groups in total. The molecule has 1 aliphatic rings. The van der Waals surface area contributed by atoms with Gasteiger partial charge in [-0.25, -0.2) is 4.98 Å². The van der Waals surface area contributed by atoms with E-state index < -0.39 is 0 Å². The molecule has 0 spiro atoms. The van der Waals surface area contributed by atoms with Crippen LogP contribution in [0, 0.1) is 0 Å². The molecule has 1 saturated heterocycles. The molecule has 116 valence electrons. The molecular formula is C16H18ClN3OS. The summed E-state index contributed by atoms with van der Waals surface area (Å²) in [5, 5.41) is 6.06. The van der Waals surface area contributed by atoms with Crippen LogP contribution in [0.15, 0.2) is 35.2 Å². The number of benzene rings is 1. The maximum atomic E-state index is 12.6. The quantitative estimate of drug-likeness (QED) is 0.934. The van der Waals surface area contributed by atoms with E-state index in [4.69, 9.17) is 11.6 Å². The lowest BCUT2D eigenvalue weighted by Gasteiger charge is -2.37. The number of carbonyl (C=O) groups excluding carboxylic acids is 1. The number of aryl methyl sites for hydroxylation is 1. The Labute approximate surface area is 139 Å². The van der Waals surface area contributed by atoms with Crippen molar-refractivity contribution in [3.05, 3.63) is 51.4 Å². The molecule has 22 heavy (non-hydrogen) atoms. The summed E-state index contributed by atoms with van der Waals surface area (Å²) in [5.41, 5.74) is 3.80. The van der Waals surface area contributed by atoms with E-state index in [9.17, 15) is 4.79 Å². The van der Waals surface area contributed by atoms with E-state index in [0.717, 1.165) is 24.3 Å². The lowest BCUT2D eigenvalue weighted by Crippen LogP contribution is -2.48. The first-order chi connectivity index (χ1) is 10.8. The van der Waals surface area contributed by atoms with Crippen molar-refractivity contribution >= 4 is 28.8 Å². The van der Waals surface area contributed by atoms with Crippen molar-refractivity contribution in [3.63, 3.8) is 0 Å². The molecule has 6 heteroatoms. The summed E-state index contributed by atoms with van der Waals surface area (Å²) in [6, 6.07) is 7.76. The zero-order valence-electron chi connectivity index (χ0n) is 12.2. The first-order valence-corrected chi connectivity index (χ1v) is 8.69. The van der Waals surface area contributed by atoms with Gasteiger partial charge in [-0.15, -0.1) is 11.3 Å². The van der Waals surface area contributed by atoms with Gasteiger partial charge in [0.2, 0.25) is 5.91 Å². The third-order valence-corrected chi connectivity index (χ3v) is 4.89. The highest BCUT2D eigenvalue weighted by Gasteiger charge is 2.28. The molecule has 1 fully saturated rings. The number of aromatic nitrogens is 1. The van der Waals surface area contributed by atoms with Gasteiger partial charge in [0, 0.05) is 36.5 Å². The molecule has 2 aromatic rings. The van der Waals surface area contributed by atoms with Gasteiger partial charge in [-0.1, -0.05) is 29.8 Å². The Morgan fingerprint density at radius 3 is 3.09 bits per heavy atom. The van der Waals surface area contributed by atoms with Crippen molar-refractivity contribution in [1.29, 1.82) is 0 Å². The Hall–Kier alpha value is -1.43. The highest BCUT2D eigenvalue weighted by molar-refractivity contribution is 7.07. The molecule has 0 aliphatic carbocycles. The third kappa shape index (κ3) is 3.48. The predicted octanol–water partition coefficient (Wildman–Crippen LogP) is 2.90. The second-order valence-corrected chi connectivity index (χ2v) is 6.43. The first kappa shape index (κ1) is 15.5. The van der Waals surface area contributed by atoms with E-state index in [2.05, 4.69) is 10.3 Å². The predicted molar refractivity (Wildman–Crippen MR) is 89.2 cm³/mol. The van der Waals surface area contributed by atoms with Gasteiger partial charge in [0.25, 0.3) is 0 Å². The topological polar surface area (TPSA) is 45.2 Å². The van der Waals surface area contributed by atoms with Crippen LogP contribution in [-0.4, -0.2) is 35.4 Å². The fourth-order valence-electron chi connectivity index (χ4n) is 2.77. The van der Waals surface area contributed by atoms with Gasteiger partial charge >= 0.3 is 0 Å². The van der Waals surface area contributed by atoms with E-state index in [0.29, 0.717) is 24.4 Å². The van der Waals surface area contributed by atoms with Crippen LogP contribution in [-0.2, 0) is 11.2 Å². The number of nitrogens with one attached hydrogen (secondary N) is 1. The highest BCUT2D eigenvalue weighted by Crippen LogP contribution is 2.29. The summed E-state index contributed by atoms with van der Waals surface area (Å²) >= 11 is 7.87. The van der Waals surface area contributed by atoms with Gasteiger partial charge in [-0.05, 0) is 18.1 Å². The molecule has 1 aliphatic heterocycles. The average Bonchev–Trinajstić information content (AvgIpc) is 3.06. The molecule has 3 rings (SSSR count). The minimum absolute atomic E-state index is 0.00499. The van der Waals surface area contributed by atoms with Gasteiger partial charge < -0.3 is 10.2 Å². The van der Waals surface area contributed by atoms with E-state index in [1.807, 2.05) is 34.5 Å². The number of nitrogens with zero attached hydrogens (tertiary/aromatic N) is 2. The van der Waals surface area contributed by atoms with E-state index in [1.165, 1.54) is 0 Å². The van der Waals surface area contributed by atoms with Crippen LogP contribution in [0.3, 0.4) is 0 Å². The van der Waals surface area contributed by atoms with Crippen molar-refractivity contribution in [3.8, 4) is 0 Å². The number of thiazole rings is 1. The molecule has 1 amide bonds. The van der Waals surface area contributed by atoms with Crippen molar-refractivity contribution in [2.24, 2.45) is 0 Å². The first-order valence-electron chi connectivity index (χ1n) is 7.37. The standard InChI is InChI=1S/C16H18ClN3OS/c17-14-4-2-1-3-13(14)15-9-18-7-8-20(15)16(21)6-5-12-10-22-11-19-12/h1-4,10-11,15,18H,5-9H2. The fraction of sp³-hybridized carbons (Fsp3) is 0.375. The number of piperazine rings is 1. The van der Waals surface area contributed by atoms with Gasteiger partial charge in [0.15, 0.2) is 0 Å². The molecule has 1 aromatic heterocycles. The SMILES string of the molecule is O=C(CCc1cscn1)N1CCNCC1c1ccccc1Cl. The smallest absolute Gasteiger partial charge is 0.223 e.